The molecular weight excluding hydrogens is 176 g/mol. The molecule has 3 nitrogen and oxygen atoms in total. The van der Waals surface area contributed by atoms with Crippen LogP contribution >= 0.6 is 0 Å². The number of hydrogen-bond acceptors (Lipinski definition) is 3. The summed E-state index contributed by atoms with van der Waals surface area (Å²) < 4.78 is 5.03. The van der Waals surface area contributed by atoms with Crippen LogP contribution in [0.1, 0.15) is 20.8 Å². The maximum absolute atomic E-state index is 5.03. The van der Waals surface area contributed by atoms with Crippen LogP contribution < -0.4 is 0 Å². The first kappa shape index (κ1) is 16.3. The predicted octanol–water partition coefficient (Wildman–Crippen LogP) is 1.54. The molecule has 88 valence electrons. The third kappa shape index (κ3) is 11.9. The van der Waals surface area contributed by atoms with E-state index >= 15 is 0 Å². The van der Waals surface area contributed by atoms with E-state index in [1.54, 1.807) is 7.11 Å². The Morgan fingerprint density at radius 1 is 1.00 bits per heavy atom. The fourth-order valence-electron chi connectivity index (χ4n) is 0.990. The van der Waals surface area contributed by atoms with Crippen LogP contribution in [0.3, 0.4) is 0 Å². The molecule has 0 bridgehead atoms. The molecule has 0 aromatic rings. The Balaban J connectivity index is 0. The monoisotopic (exact) mass is 204 g/mol. The second-order valence-electron chi connectivity index (χ2n) is 3.23. The zero-order valence-electron chi connectivity index (χ0n) is 10.8. The van der Waals surface area contributed by atoms with Gasteiger partial charge in [0, 0.05) is 26.7 Å². The lowest BCUT2D eigenvalue weighted by Crippen LogP contribution is -2.33. The van der Waals surface area contributed by atoms with E-state index in [-0.39, 0.29) is 0 Å². The first-order valence-electron chi connectivity index (χ1n) is 5.56. The minimum Gasteiger partial charge on any atom is -0.383 e. The smallest absolute Gasteiger partial charge is 0.0589 e. The van der Waals surface area contributed by atoms with Crippen molar-refractivity contribution in [2.24, 2.45) is 0 Å². The van der Waals surface area contributed by atoms with E-state index in [0.717, 1.165) is 32.8 Å². The number of likely N-dealkylation sites (N-methyl/N-ethyl adjacent to an activating group) is 2. The molecule has 0 aliphatic heterocycles. The Hall–Kier alpha value is -0.120. The highest BCUT2D eigenvalue weighted by atomic mass is 16.5. The van der Waals surface area contributed by atoms with Crippen LogP contribution in [0, 0.1) is 0 Å². The zero-order chi connectivity index (χ0) is 11.4. The Bertz CT molecular complexity index is 97.3. The highest BCUT2D eigenvalue weighted by Crippen LogP contribution is 1.88. The second kappa shape index (κ2) is 12.9. The summed E-state index contributed by atoms with van der Waals surface area (Å²) in [6, 6.07) is 0. The summed E-state index contributed by atoms with van der Waals surface area (Å²) in [6.45, 7) is 11.4. The third-order valence-corrected chi connectivity index (χ3v) is 1.92. The second-order valence-corrected chi connectivity index (χ2v) is 3.23. The van der Waals surface area contributed by atoms with E-state index in [2.05, 4.69) is 30.8 Å². The maximum atomic E-state index is 5.03. The van der Waals surface area contributed by atoms with Crippen LogP contribution in [0.2, 0.25) is 0 Å². The molecule has 0 fully saturated rings. The molecule has 0 rings (SSSR count). The van der Waals surface area contributed by atoms with Crippen molar-refractivity contribution in [1.29, 1.82) is 0 Å². The van der Waals surface area contributed by atoms with Crippen LogP contribution in [0.4, 0.5) is 0 Å². The summed E-state index contributed by atoms with van der Waals surface area (Å²) in [4.78, 5) is 4.60. The van der Waals surface area contributed by atoms with Crippen LogP contribution in [0.15, 0.2) is 0 Å². The molecule has 0 amide bonds. The van der Waals surface area contributed by atoms with E-state index in [1.165, 1.54) is 0 Å². The Morgan fingerprint density at radius 3 is 1.93 bits per heavy atom. The molecule has 0 heterocycles. The first-order chi connectivity index (χ1) is 6.70. The molecule has 0 aliphatic rings. The molecule has 3 heteroatoms. The lowest BCUT2D eigenvalue weighted by atomic mass is 10.4. The number of hydrogen-bond donors (Lipinski definition) is 0. The molecule has 14 heavy (non-hydrogen) atoms. The molecule has 0 saturated heterocycles. The van der Waals surface area contributed by atoms with Gasteiger partial charge in [-0.05, 0) is 20.6 Å². The molecule has 0 N–H and O–H groups in total. The highest BCUT2D eigenvalue weighted by molar-refractivity contribution is 4.56. The van der Waals surface area contributed by atoms with Crippen molar-refractivity contribution in [2.75, 3.05) is 54.0 Å². The summed E-state index contributed by atoms with van der Waals surface area (Å²) in [7, 11) is 5.95. The van der Waals surface area contributed by atoms with E-state index in [4.69, 9.17) is 4.74 Å². The molecule has 0 radical (unpaired) electrons. The number of nitrogens with zero attached hydrogens (tertiary/aromatic N) is 2. The van der Waals surface area contributed by atoms with Gasteiger partial charge >= 0.3 is 0 Å². The van der Waals surface area contributed by atoms with Crippen LogP contribution in [-0.4, -0.2) is 63.8 Å². The molecule has 0 aromatic carbocycles. The SMILES string of the molecule is CC.CCN(CCOC)CCN(C)C. The third-order valence-electron chi connectivity index (χ3n) is 1.92. The molecule has 0 atom stereocenters. The summed E-state index contributed by atoms with van der Waals surface area (Å²) in [5.41, 5.74) is 0. The average Bonchev–Trinajstić information content (AvgIpc) is 2.21. The van der Waals surface area contributed by atoms with Crippen molar-refractivity contribution >= 4 is 0 Å². The minimum atomic E-state index is 0.835. The van der Waals surface area contributed by atoms with Crippen molar-refractivity contribution in [1.82, 2.24) is 9.80 Å². The maximum Gasteiger partial charge on any atom is 0.0589 e. The summed E-state index contributed by atoms with van der Waals surface area (Å²) >= 11 is 0. The first-order valence-corrected chi connectivity index (χ1v) is 5.56. The summed E-state index contributed by atoms with van der Waals surface area (Å²) in [6.07, 6.45) is 0. The van der Waals surface area contributed by atoms with Gasteiger partial charge in [0.05, 0.1) is 6.61 Å². The summed E-state index contributed by atoms with van der Waals surface area (Å²) in [5, 5.41) is 0. The Labute approximate surface area is 90.0 Å². The summed E-state index contributed by atoms with van der Waals surface area (Å²) in [5.74, 6) is 0. The van der Waals surface area contributed by atoms with Crippen molar-refractivity contribution in [3.05, 3.63) is 0 Å². The van der Waals surface area contributed by atoms with Crippen molar-refractivity contribution in [2.45, 2.75) is 20.8 Å². The van der Waals surface area contributed by atoms with Gasteiger partial charge in [0.1, 0.15) is 0 Å². The van der Waals surface area contributed by atoms with E-state index in [0.29, 0.717) is 0 Å². The van der Waals surface area contributed by atoms with Crippen molar-refractivity contribution in [3.63, 3.8) is 0 Å². The predicted molar refractivity (Wildman–Crippen MR) is 63.9 cm³/mol. The molecule has 0 saturated carbocycles. The van der Waals surface area contributed by atoms with Crippen LogP contribution in [0.25, 0.3) is 0 Å². The number of methoxy groups -OCH3 is 1. The van der Waals surface area contributed by atoms with Gasteiger partial charge in [-0.15, -0.1) is 0 Å². The zero-order valence-corrected chi connectivity index (χ0v) is 10.8. The van der Waals surface area contributed by atoms with Crippen molar-refractivity contribution in [3.8, 4) is 0 Å². The topological polar surface area (TPSA) is 15.7 Å². The van der Waals surface area contributed by atoms with E-state index in [9.17, 15) is 0 Å². The Kier molecular flexibility index (Phi) is 15.0. The fraction of sp³-hybridized carbons (Fsp3) is 1.00. The minimum absolute atomic E-state index is 0.835. The normalized spacial score (nSPS) is 10.3. The van der Waals surface area contributed by atoms with E-state index < -0.39 is 0 Å². The largest absolute Gasteiger partial charge is 0.383 e. The van der Waals surface area contributed by atoms with Crippen LogP contribution in [0.5, 0.6) is 0 Å². The van der Waals surface area contributed by atoms with Crippen LogP contribution in [-0.2, 0) is 4.74 Å². The molecule has 0 unspecified atom stereocenters. The van der Waals surface area contributed by atoms with Gasteiger partial charge in [0.25, 0.3) is 0 Å². The highest BCUT2D eigenvalue weighted by Gasteiger charge is 2.01. The molecular formula is C11H28N2O. The standard InChI is InChI=1S/C9H22N2O.C2H6/c1-5-11(8-9-12-4)7-6-10(2)3;1-2/h5-9H2,1-4H3;1-2H3. The molecule has 0 aromatic heterocycles. The number of rotatable bonds is 7. The lowest BCUT2D eigenvalue weighted by Gasteiger charge is -2.21. The van der Waals surface area contributed by atoms with Gasteiger partial charge in [-0.3, -0.25) is 0 Å². The lowest BCUT2D eigenvalue weighted by molar-refractivity contribution is 0.145. The number of ether oxygens (including phenoxy) is 1. The van der Waals surface area contributed by atoms with Gasteiger partial charge in [-0.2, -0.15) is 0 Å². The van der Waals surface area contributed by atoms with Crippen molar-refractivity contribution < 1.29 is 4.74 Å². The molecule has 0 aliphatic carbocycles. The van der Waals surface area contributed by atoms with Gasteiger partial charge in [0.15, 0.2) is 0 Å². The fourth-order valence-corrected chi connectivity index (χ4v) is 0.990. The quantitative estimate of drug-likeness (QED) is 0.626. The van der Waals surface area contributed by atoms with Gasteiger partial charge in [0.2, 0.25) is 0 Å². The van der Waals surface area contributed by atoms with Gasteiger partial charge in [-0.1, -0.05) is 20.8 Å². The average molecular weight is 204 g/mol. The van der Waals surface area contributed by atoms with E-state index in [1.807, 2.05) is 13.8 Å². The Morgan fingerprint density at radius 2 is 1.57 bits per heavy atom. The van der Waals surface area contributed by atoms with Gasteiger partial charge < -0.3 is 14.5 Å². The van der Waals surface area contributed by atoms with Gasteiger partial charge in [-0.25, -0.2) is 0 Å². The molecule has 0 spiro atoms.